The van der Waals surface area contributed by atoms with Crippen LogP contribution in [0.4, 0.5) is 0 Å². The largest absolute Gasteiger partial charge is 0.464 e. The van der Waals surface area contributed by atoms with E-state index in [0.29, 0.717) is 11.8 Å². The summed E-state index contributed by atoms with van der Waals surface area (Å²) in [5.74, 6) is 2.02. The zero-order chi connectivity index (χ0) is 11.5. The summed E-state index contributed by atoms with van der Waals surface area (Å²) < 4.78 is 12.8. The molecule has 4 fully saturated rings. The lowest BCUT2D eigenvalue weighted by Crippen LogP contribution is -2.54. The Morgan fingerprint density at radius 3 is 2.65 bits per heavy atom. The molecule has 0 unspecified atom stereocenters. The van der Waals surface area contributed by atoms with E-state index in [0.717, 1.165) is 18.6 Å². The van der Waals surface area contributed by atoms with Crippen LogP contribution in [0.1, 0.15) is 57.8 Å². The van der Waals surface area contributed by atoms with E-state index in [4.69, 9.17) is 9.47 Å². The highest BCUT2D eigenvalue weighted by atomic mass is 16.8. The normalized spacial score (nSPS) is 52.6. The first kappa shape index (κ1) is 10.4. The minimum Gasteiger partial charge on any atom is -0.464 e. The Morgan fingerprint density at radius 1 is 1.00 bits per heavy atom. The summed E-state index contributed by atoms with van der Waals surface area (Å²) in [4.78, 5) is 0. The van der Waals surface area contributed by atoms with Gasteiger partial charge in [0.25, 0.3) is 0 Å². The first-order valence-corrected chi connectivity index (χ1v) is 7.34. The Kier molecular flexibility index (Phi) is 2.01. The summed E-state index contributed by atoms with van der Waals surface area (Å²) >= 11 is 0. The Labute approximate surface area is 103 Å². The van der Waals surface area contributed by atoms with E-state index in [1.54, 1.807) is 0 Å². The number of hydrogen-bond acceptors (Lipinski definition) is 2. The molecule has 2 saturated heterocycles. The molecule has 0 aromatic heterocycles. The van der Waals surface area contributed by atoms with Crippen LogP contribution >= 0.6 is 0 Å². The smallest absolute Gasteiger partial charge is 0.214 e. The first-order chi connectivity index (χ1) is 8.25. The van der Waals surface area contributed by atoms with Crippen LogP contribution < -0.4 is 0 Å². The average molecular weight is 234 g/mol. The van der Waals surface area contributed by atoms with E-state index >= 15 is 0 Å². The van der Waals surface area contributed by atoms with Gasteiger partial charge < -0.3 is 9.47 Å². The van der Waals surface area contributed by atoms with E-state index in [-0.39, 0.29) is 11.4 Å². The second kappa shape index (κ2) is 3.28. The van der Waals surface area contributed by atoms with Gasteiger partial charge in [-0.05, 0) is 38.0 Å². The minimum atomic E-state index is -0.261. The van der Waals surface area contributed by atoms with Crippen molar-refractivity contribution in [2.45, 2.75) is 69.2 Å². The molecule has 2 spiro atoms. The third kappa shape index (κ3) is 1.20. The molecule has 0 radical (unpaired) electrons. The van der Waals surface area contributed by atoms with Gasteiger partial charge in [-0.25, -0.2) is 0 Å². The molecule has 94 valence electrons. The summed E-state index contributed by atoms with van der Waals surface area (Å²) in [7, 11) is 0. The Bertz CT molecular complexity index is 364. The van der Waals surface area contributed by atoms with Gasteiger partial charge in [0.05, 0.1) is 0 Å². The van der Waals surface area contributed by atoms with Gasteiger partial charge in [-0.1, -0.05) is 25.8 Å². The third-order valence-corrected chi connectivity index (χ3v) is 5.65. The van der Waals surface area contributed by atoms with Gasteiger partial charge in [-0.15, -0.1) is 0 Å². The van der Waals surface area contributed by atoms with Gasteiger partial charge in [0.1, 0.15) is 11.4 Å². The standard InChI is InChI=1S/C15H22O2/c1-11-14-8-4-2-6-12(14)10-13-7-3-5-9-15(13,16-11)17-14/h12-13H,1-10H2/t12-,13+,14-,15-/m1/s1. The van der Waals surface area contributed by atoms with Gasteiger partial charge in [0.15, 0.2) is 0 Å². The molecule has 0 amide bonds. The van der Waals surface area contributed by atoms with Crippen molar-refractivity contribution in [3.05, 3.63) is 12.3 Å². The Hall–Kier alpha value is -0.500. The van der Waals surface area contributed by atoms with Crippen LogP contribution in [0, 0.1) is 11.8 Å². The fourth-order valence-electron chi connectivity index (χ4n) is 4.80. The van der Waals surface area contributed by atoms with Crippen molar-refractivity contribution < 1.29 is 9.47 Å². The molecule has 0 N–H and O–H groups in total. The van der Waals surface area contributed by atoms with Crippen LogP contribution in [-0.4, -0.2) is 11.4 Å². The summed E-state index contributed by atoms with van der Waals surface area (Å²) in [6, 6.07) is 0. The highest BCUT2D eigenvalue weighted by Crippen LogP contribution is 2.62. The molecule has 0 aromatic carbocycles. The molecule has 2 bridgehead atoms. The van der Waals surface area contributed by atoms with E-state index in [2.05, 4.69) is 6.58 Å². The maximum absolute atomic E-state index is 6.57. The summed E-state index contributed by atoms with van der Waals surface area (Å²) in [5.41, 5.74) is -0.0912. The number of hydrogen-bond donors (Lipinski definition) is 0. The predicted octanol–water partition coefficient (Wildman–Crippen LogP) is 3.77. The topological polar surface area (TPSA) is 18.5 Å². The summed E-state index contributed by atoms with van der Waals surface area (Å²) in [5, 5.41) is 0. The highest BCUT2D eigenvalue weighted by Gasteiger charge is 2.65. The van der Waals surface area contributed by atoms with Crippen LogP contribution in [0.5, 0.6) is 0 Å². The van der Waals surface area contributed by atoms with Crippen molar-refractivity contribution in [2.75, 3.05) is 0 Å². The summed E-state index contributed by atoms with van der Waals surface area (Å²) in [6.07, 6.45) is 11.4. The van der Waals surface area contributed by atoms with E-state index in [1.165, 1.54) is 44.9 Å². The molecular weight excluding hydrogens is 212 g/mol. The molecule has 0 aromatic rings. The van der Waals surface area contributed by atoms with Gasteiger partial charge >= 0.3 is 0 Å². The van der Waals surface area contributed by atoms with Gasteiger partial charge in [-0.2, -0.15) is 0 Å². The predicted molar refractivity (Wildman–Crippen MR) is 65.3 cm³/mol. The summed E-state index contributed by atoms with van der Waals surface area (Å²) in [6.45, 7) is 4.21. The molecule has 2 nitrogen and oxygen atoms in total. The zero-order valence-corrected chi connectivity index (χ0v) is 10.5. The molecule has 17 heavy (non-hydrogen) atoms. The maximum atomic E-state index is 6.57. The minimum absolute atomic E-state index is 0.0912. The first-order valence-electron chi connectivity index (χ1n) is 7.34. The molecule has 2 aliphatic carbocycles. The fourth-order valence-corrected chi connectivity index (χ4v) is 4.80. The van der Waals surface area contributed by atoms with Crippen molar-refractivity contribution in [1.29, 1.82) is 0 Å². The van der Waals surface area contributed by atoms with E-state index in [1.807, 2.05) is 0 Å². The van der Waals surface area contributed by atoms with Crippen LogP contribution in [0.25, 0.3) is 0 Å². The fraction of sp³-hybridized carbons (Fsp3) is 0.867. The maximum Gasteiger partial charge on any atom is 0.214 e. The molecule has 4 aliphatic rings. The van der Waals surface area contributed by atoms with Crippen molar-refractivity contribution >= 4 is 0 Å². The number of rotatable bonds is 0. The van der Waals surface area contributed by atoms with Crippen LogP contribution in [0.15, 0.2) is 12.3 Å². The lowest BCUT2D eigenvalue weighted by Gasteiger charge is -2.50. The van der Waals surface area contributed by atoms with E-state index < -0.39 is 0 Å². The van der Waals surface area contributed by atoms with Gasteiger partial charge in [0, 0.05) is 12.3 Å². The molecule has 2 saturated carbocycles. The lowest BCUT2D eigenvalue weighted by atomic mass is 9.66. The van der Waals surface area contributed by atoms with Gasteiger partial charge in [0.2, 0.25) is 5.79 Å². The van der Waals surface area contributed by atoms with E-state index in [9.17, 15) is 0 Å². The number of ether oxygens (including phenoxy) is 2. The molecule has 4 atom stereocenters. The quantitative estimate of drug-likeness (QED) is 0.635. The van der Waals surface area contributed by atoms with Crippen LogP contribution in [-0.2, 0) is 9.47 Å². The molecule has 2 heterocycles. The third-order valence-electron chi connectivity index (χ3n) is 5.65. The molecule has 4 rings (SSSR count). The molecular formula is C15H22O2. The van der Waals surface area contributed by atoms with Gasteiger partial charge in [-0.3, -0.25) is 0 Å². The van der Waals surface area contributed by atoms with Crippen molar-refractivity contribution in [2.24, 2.45) is 11.8 Å². The van der Waals surface area contributed by atoms with Crippen molar-refractivity contribution in [1.82, 2.24) is 0 Å². The van der Waals surface area contributed by atoms with Crippen molar-refractivity contribution in [3.8, 4) is 0 Å². The lowest BCUT2D eigenvalue weighted by molar-refractivity contribution is -0.277. The molecule has 2 aliphatic heterocycles. The second-order valence-electron chi connectivity index (χ2n) is 6.45. The molecule has 2 heteroatoms. The van der Waals surface area contributed by atoms with Crippen LogP contribution in [0.3, 0.4) is 0 Å². The highest BCUT2D eigenvalue weighted by molar-refractivity contribution is 5.21. The Morgan fingerprint density at radius 2 is 1.76 bits per heavy atom. The van der Waals surface area contributed by atoms with Crippen LogP contribution in [0.2, 0.25) is 0 Å². The zero-order valence-electron chi connectivity index (χ0n) is 10.5. The average Bonchev–Trinajstić information content (AvgIpc) is 2.55. The second-order valence-corrected chi connectivity index (χ2v) is 6.45. The Balaban J connectivity index is 1.75. The monoisotopic (exact) mass is 234 g/mol. The van der Waals surface area contributed by atoms with Crippen molar-refractivity contribution in [3.63, 3.8) is 0 Å². The SMILES string of the molecule is C=C1O[C@@]23CCCC[C@H]2C[C@H]2CCCC[C@@]12O3.